The fourth-order valence-electron chi connectivity index (χ4n) is 3.35. The number of aromatic hydroxyl groups is 1. The van der Waals surface area contributed by atoms with E-state index in [9.17, 15) is 14.7 Å². The van der Waals surface area contributed by atoms with Crippen molar-refractivity contribution in [3.63, 3.8) is 0 Å². The molecule has 29 heavy (non-hydrogen) atoms. The van der Waals surface area contributed by atoms with Crippen molar-refractivity contribution in [3.05, 3.63) is 50.5 Å². The van der Waals surface area contributed by atoms with Gasteiger partial charge in [0.15, 0.2) is 4.77 Å². The van der Waals surface area contributed by atoms with Crippen LogP contribution in [0.2, 0.25) is 0 Å². The first-order chi connectivity index (χ1) is 13.8. The molecule has 0 saturated heterocycles. The van der Waals surface area contributed by atoms with E-state index in [1.54, 1.807) is 21.0 Å². The molecular formula is C20H24N4O4S. The maximum atomic E-state index is 12.8. The van der Waals surface area contributed by atoms with Crippen LogP contribution in [-0.4, -0.2) is 37.5 Å². The summed E-state index contributed by atoms with van der Waals surface area (Å²) in [5, 5.41) is 16.4. The van der Waals surface area contributed by atoms with Gasteiger partial charge in [-0.25, -0.2) is 5.01 Å². The van der Waals surface area contributed by atoms with Gasteiger partial charge >= 0.3 is 0 Å². The van der Waals surface area contributed by atoms with Crippen molar-refractivity contribution >= 4 is 23.8 Å². The summed E-state index contributed by atoms with van der Waals surface area (Å²) < 4.78 is 8.31. The summed E-state index contributed by atoms with van der Waals surface area (Å²) >= 11 is 5.17. The SMILES string of the molecule is CCOc1ccc([C@@H]2CC(c3c(O)n(C)c(=S)n(C)c3=O)=NN2C(=O)CC)cc1. The standard InChI is InChI=1S/C20H24N4O4S/c1-5-16(25)24-15(12-7-9-13(10-8-12)28-6-2)11-14(21-24)17-18(26)22(3)20(29)23(4)19(17)27/h7-10,15,26H,5-6,11H2,1-4H3/t15-/m0/s1. The molecule has 8 nitrogen and oxygen atoms in total. The lowest BCUT2D eigenvalue weighted by Gasteiger charge is -2.21. The van der Waals surface area contributed by atoms with E-state index in [2.05, 4.69) is 5.10 Å². The van der Waals surface area contributed by atoms with Crippen molar-refractivity contribution in [1.29, 1.82) is 0 Å². The van der Waals surface area contributed by atoms with Crippen LogP contribution in [0, 0.1) is 4.77 Å². The Morgan fingerprint density at radius 2 is 1.90 bits per heavy atom. The molecule has 0 bridgehead atoms. The first-order valence-corrected chi connectivity index (χ1v) is 9.82. The molecule has 0 saturated carbocycles. The molecule has 1 aliphatic rings. The average Bonchev–Trinajstić information content (AvgIpc) is 3.16. The zero-order chi connectivity index (χ0) is 21.3. The Hall–Kier alpha value is -2.94. The quantitative estimate of drug-likeness (QED) is 0.757. The highest BCUT2D eigenvalue weighted by atomic mass is 32.1. The molecule has 1 aromatic heterocycles. The number of benzene rings is 1. The Kier molecular flexibility index (Phi) is 5.88. The largest absolute Gasteiger partial charge is 0.494 e. The maximum Gasteiger partial charge on any atom is 0.267 e. The van der Waals surface area contributed by atoms with Crippen LogP contribution in [0.1, 0.15) is 43.9 Å². The Morgan fingerprint density at radius 3 is 2.48 bits per heavy atom. The molecule has 0 fully saturated rings. The molecule has 2 aromatic rings. The normalized spacial score (nSPS) is 16.1. The summed E-state index contributed by atoms with van der Waals surface area (Å²) in [6.07, 6.45) is 0.576. The molecule has 1 aromatic carbocycles. The van der Waals surface area contributed by atoms with E-state index in [4.69, 9.17) is 17.0 Å². The lowest BCUT2D eigenvalue weighted by molar-refractivity contribution is -0.132. The van der Waals surface area contributed by atoms with Gasteiger partial charge in [-0.05, 0) is 36.8 Å². The van der Waals surface area contributed by atoms with E-state index in [1.165, 1.54) is 14.1 Å². The summed E-state index contributed by atoms with van der Waals surface area (Å²) in [6, 6.07) is 7.08. The van der Waals surface area contributed by atoms with Gasteiger partial charge in [0.1, 0.15) is 11.3 Å². The van der Waals surface area contributed by atoms with Crippen molar-refractivity contribution in [2.75, 3.05) is 6.61 Å². The van der Waals surface area contributed by atoms with Gasteiger partial charge < -0.3 is 9.84 Å². The molecule has 1 aliphatic heterocycles. The van der Waals surface area contributed by atoms with E-state index in [0.717, 1.165) is 11.3 Å². The third-order valence-corrected chi connectivity index (χ3v) is 5.51. The van der Waals surface area contributed by atoms with Gasteiger partial charge in [-0.1, -0.05) is 19.1 Å². The zero-order valence-corrected chi connectivity index (χ0v) is 17.7. The van der Waals surface area contributed by atoms with Crippen LogP contribution < -0.4 is 10.3 Å². The highest BCUT2D eigenvalue weighted by Crippen LogP contribution is 2.34. The van der Waals surface area contributed by atoms with Crippen LogP contribution in [0.3, 0.4) is 0 Å². The van der Waals surface area contributed by atoms with Gasteiger partial charge in [0.2, 0.25) is 11.8 Å². The Bertz CT molecular complexity index is 1090. The minimum Gasteiger partial charge on any atom is -0.494 e. The Labute approximate surface area is 173 Å². The molecular weight excluding hydrogens is 392 g/mol. The average molecular weight is 417 g/mol. The van der Waals surface area contributed by atoms with Gasteiger partial charge in [-0.15, -0.1) is 0 Å². The van der Waals surface area contributed by atoms with Crippen molar-refractivity contribution < 1.29 is 14.6 Å². The molecule has 0 radical (unpaired) electrons. The summed E-state index contributed by atoms with van der Waals surface area (Å²) in [7, 11) is 3.12. The number of nitrogens with zero attached hydrogens (tertiary/aromatic N) is 4. The Balaban J connectivity index is 2.06. The van der Waals surface area contributed by atoms with Gasteiger partial charge in [-0.3, -0.25) is 18.7 Å². The first-order valence-electron chi connectivity index (χ1n) is 9.41. The van der Waals surface area contributed by atoms with Crippen molar-refractivity contribution in [2.24, 2.45) is 19.2 Å². The fourth-order valence-corrected chi connectivity index (χ4v) is 3.52. The lowest BCUT2D eigenvalue weighted by atomic mass is 9.99. The number of carbonyl (C=O) groups is 1. The van der Waals surface area contributed by atoms with E-state index in [-0.39, 0.29) is 34.6 Å². The topological polar surface area (TPSA) is 89.1 Å². The number of carbonyl (C=O) groups excluding carboxylic acids is 1. The third-order valence-electron chi connectivity index (χ3n) is 4.97. The van der Waals surface area contributed by atoms with Crippen LogP contribution in [0.25, 0.3) is 0 Å². The van der Waals surface area contributed by atoms with E-state index >= 15 is 0 Å². The summed E-state index contributed by atoms with van der Waals surface area (Å²) in [5.41, 5.74) is 0.843. The van der Waals surface area contributed by atoms with Gasteiger partial charge in [-0.2, -0.15) is 5.10 Å². The van der Waals surface area contributed by atoms with Crippen molar-refractivity contribution in [3.8, 4) is 11.6 Å². The summed E-state index contributed by atoms with van der Waals surface area (Å²) in [6.45, 7) is 4.23. The second-order valence-electron chi connectivity index (χ2n) is 6.76. The molecule has 3 rings (SSSR count). The minimum absolute atomic E-state index is 0.0611. The van der Waals surface area contributed by atoms with Crippen LogP contribution in [-0.2, 0) is 18.9 Å². The molecule has 0 unspecified atom stereocenters. The zero-order valence-electron chi connectivity index (χ0n) is 16.9. The second-order valence-corrected chi connectivity index (χ2v) is 7.13. The predicted octanol–water partition coefficient (Wildman–Crippen LogP) is 2.65. The predicted molar refractivity (Wildman–Crippen MR) is 112 cm³/mol. The smallest absolute Gasteiger partial charge is 0.267 e. The van der Waals surface area contributed by atoms with E-state index in [1.807, 2.05) is 31.2 Å². The number of rotatable bonds is 5. The van der Waals surface area contributed by atoms with Gasteiger partial charge in [0.25, 0.3) is 5.56 Å². The number of hydrogen-bond donors (Lipinski definition) is 1. The molecule has 1 N–H and O–H groups in total. The van der Waals surface area contributed by atoms with Gasteiger partial charge in [0, 0.05) is 26.9 Å². The number of aromatic nitrogens is 2. The van der Waals surface area contributed by atoms with Crippen molar-refractivity contribution in [2.45, 2.75) is 32.7 Å². The van der Waals surface area contributed by atoms with Crippen LogP contribution in [0.5, 0.6) is 11.6 Å². The monoisotopic (exact) mass is 416 g/mol. The molecule has 1 amide bonds. The first kappa shape index (κ1) is 20.8. The maximum absolute atomic E-state index is 12.8. The molecule has 1 atom stereocenters. The summed E-state index contributed by atoms with van der Waals surface area (Å²) in [5.74, 6) is 0.316. The lowest BCUT2D eigenvalue weighted by Crippen LogP contribution is -2.28. The number of hydrogen-bond acceptors (Lipinski definition) is 6. The number of ether oxygens (including phenoxy) is 1. The molecule has 0 aliphatic carbocycles. The van der Waals surface area contributed by atoms with E-state index < -0.39 is 5.56 Å². The number of hydrazone groups is 1. The van der Waals surface area contributed by atoms with Crippen LogP contribution >= 0.6 is 12.2 Å². The molecule has 0 spiro atoms. The van der Waals surface area contributed by atoms with Gasteiger partial charge in [0.05, 0.1) is 18.4 Å². The minimum atomic E-state index is -0.444. The second kappa shape index (κ2) is 8.20. The number of amides is 1. The third kappa shape index (κ3) is 3.69. The van der Waals surface area contributed by atoms with Crippen LogP contribution in [0.4, 0.5) is 0 Å². The molecule has 154 valence electrons. The van der Waals surface area contributed by atoms with Crippen LogP contribution in [0.15, 0.2) is 34.2 Å². The van der Waals surface area contributed by atoms with Crippen molar-refractivity contribution in [1.82, 2.24) is 14.1 Å². The highest BCUT2D eigenvalue weighted by molar-refractivity contribution is 7.71. The fraction of sp³-hybridized carbons (Fsp3) is 0.400. The molecule has 9 heteroatoms. The molecule has 2 heterocycles. The summed E-state index contributed by atoms with van der Waals surface area (Å²) in [4.78, 5) is 25.3. The highest BCUT2D eigenvalue weighted by Gasteiger charge is 2.35. The van der Waals surface area contributed by atoms with E-state index in [0.29, 0.717) is 18.7 Å². The Morgan fingerprint density at radius 1 is 1.24 bits per heavy atom.